The van der Waals surface area contributed by atoms with E-state index in [1.807, 2.05) is 12.3 Å². The molecular formula is C19H19N5O2. The third kappa shape index (κ3) is 3.15. The maximum absolute atomic E-state index is 11.2. The highest BCUT2D eigenvalue weighted by molar-refractivity contribution is 5.99. The number of pyridine rings is 2. The largest absolute Gasteiger partial charge is 0.380 e. The van der Waals surface area contributed by atoms with E-state index in [1.165, 1.54) is 25.1 Å². The molecule has 7 nitrogen and oxygen atoms in total. The van der Waals surface area contributed by atoms with Crippen LogP contribution in [0.5, 0.6) is 0 Å². The van der Waals surface area contributed by atoms with E-state index < -0.39 is 0 Å². The molecular weight excluding hydrogens is 330 g/mol. The van der Waals surface area contributed by atoms with Gasteiger partial charge in [-0.15, -0.1) is 0 Å². The quantitative estimate of drug-likeness (QED) is 0.558. The Labute approximate surface area is 150 Å². The number of fused-ring (bicyclic) bond motifs is 1. The van der Waals surface area contributed by atoms with E-state index in [1.54, 1.807) is 18.3 Å². The van der Waals surface area contributed by atoms with E-state index in [9.17, 15) is 10.1 Å². The van der Waals surface area contributed by atoms with Gasteiger partial charge in [0.05, 0.1) is 10.3 Å². The number of nitrogens with zero attached hydrogens (tertiary/aromatic N) is 4. The number of hydrogen-bond acceptors (Lipinski definition) is 6. The molecule has 3 heterocycles. The van der Waals surface area contributed by atoms with Gasteiger partial charge in [0.2, 0.25) is 0 Å². The van der Waals surface area contributed by atoms with Crippen LogP contribution >= 0.6 is 0 Å². The summed E-state index contributed by atoms with van der Waals surface area (Å²) < 4.78 is 0. The Morgan fingerprint density at radius 1 is 1.12 bits per heavy atom. The van der Waals surface area contributed by atoms with E-state index in [2.05, 4.69) is 26.3 Å². The molecule has 0 aliphatic carbocycles. The van der Waals surface area contributed by atoms with Gasteiger partial charge in [0.25, 0.3) is 5.69 Å². The van der Waals surface area contributed by atoms with Crippen LogP contribution in [0.4, 0.5) is 17.2 Å². The third-order valence-corrected chi connectivity index (χ3v) is 4.71. The topological polar surface area (TPSA) is 84.2 Å². The zero-order valence-electron chi connectivity index (χ0n) is 14.3. The molecule has 0 unspecified atom stereocenters. The molecule has 7 heteroatoms. The van der Waals surface area contributed by atoms with Crippen LogP contribution in [-0.4, -0.2) is 28.0 Å². The predicted octanol–water partition coefficient (Wildman–Crippen LogP) is 3.75. The second-order valence-electron chi connectivity index (χ2n) is 6.38. The number of aromatic nitrogens is 2. The molecule has 3 aromatic rings. The molecule has 0 atom stereocenters. The average Bonchev–Trinajstić information content (AvgIpc) is 3.21. The summed E-state index contributed by atoms with van der Waals surface area (Å²) in [7, 11) is 0. The zero-order chi connectivity index (χ0) is 17.9. The molecule has 1 aromatic carbocycles. The molecule has 1 N–H and O–H groups in total. The molecule has 0 saturated carbocycles. The SMILES string of the molecule is O=[N+]([O-])c1ccc(NCc2ccnc(N3CCCC3)c2)c2ccncc12. The Kier molecular flexibility index (Phi) is 4.35. The molecule has 1 aliphatic heterocycles. The number of hydrogen-bond donors (Lipinski definition) is 1. The van der Waals surface area contributed by atoms with Crippen molar-refractivity contribution < 1.29 is 4.92 Å². The van der Waals surface area contributed by atoms with Crippen LogP contribution in [0.2, 0.25) is 0 Å². The van der Waals surface area contributed by atoms with Crippen molar-refractivity contribution in [1.82, 2.24) is 9.97 Å². The Morgan fingerprint density at radius 3 is 2.77 bits per heavy atom. The Morgan fingerprint density at radius 2 is 1.96 bits per heavy atom. The van der Waals surface area contributed by atoms with Gasteiger partial charge in [-0.3, -0.25) is 15.1 Å². The lowest BCUT2D eigenvalue weighted by Crippen LogP contribution is -2.19. The van der Waals surface area contributed by atoms with E-state index in [4.69, 9.17) is 0 Å². The molecule has 132 valence electrons. The average molecular weight is 349 g/mol. The van der Waals surface area contributed by atoms with Crippen LogP contribution in [0.15, 0.2) is 48.9 Å². The molecule has 0 spiro atoms. The minimum absolute atomic E-state index is 0.0684. The molecule has 0 bridgehead atoms. The van der Waals surface area contributed by atoms with Crippen molar-refractivity contribution in [2.45, 2.75) is 19.4 Å². The first-order chi connectivity index (χ1) is 12.7. The van der Waals surface area contributed by atoms with E-state index >= 15 is 0 Å². The fourth-order valence-corrected chi connectivity index (χ4v) is 3.38. The summed E-state index contributed by atoms with van der Waals surface area (Å²) in [5.74, 6) is 1.01. The van der Waals surface area contributed by atoms with Crippen molar-refractivity contribution in [3.63, 3.8) is 0 Å². The first kappa shape index (κ1) is 16.3. The highest BCUT2D eigenvalue weighted by Gasteiger charge is 2.15. The van der Waals surface area contributed by atoms with Crippen LogP contribution < -0.4 is 10.2 Å². The van der Waals surface area contributed by atoms with Crippen molar-refractivity contribution in [3.8, 4) is 0 Å². The smallest absolute Gasteiger partial charge is 0.278 e. The molecule has 0 radical (unpaired) electrons. The van der Waals surface area contributed by atoms with Crippen LogP contribution in [0.1, 0.15) is 18.4 Å². The summed E-state index contributed by atoms with van der Waals surface area (Å²) in [6.07, 6.45) is 7.45. The monoisotopic (exact) mass is 349 g/mol. The fraction of sp³-hybridized carbons (Fsp3) is 0.263. The lowest BCUT2D eigenvalue weighted by Gasteiger charge is -2.17. The summed E-state index contributed by atoms with van der Waals surface area (Å²) in [5.41, 5.74) is 2.05. The number of non-ortho nitro benzene ring substituents is 1. The van der Waals surface area contributed by atoms with Gasteiger partial charge in [-0.1, -0.05) is 0 Å². The number of nitro groups is 1. The van der Waals surface area contributed by atoms with Crippen LogP contribution in [0.25, 0.3) is 10.8 Å². The summed E-state index contributed by atoms with van der Waals surface area (Å²) in [4.78, 5) is 21.6. The third-order valence-electron chi connectivity index (χ3n) is 4.71. The lowest BCUT2D eigenvalue weighted by atomic mass is 10.1. The van der Waals surface area contributed by atoms with Gasteiger partial charge in [-0.2, -0.15) is 0 Å². The van der Waals surface area contributed by atoms with Gasteiger partial charge >= 0.3 is 0 Å². The van der Waals surface area contributed by atoms with Crippen LogP contribution in [0, 0.1) is 10.1 Å². The van der Waals surface area contributed by atoms with E-state index in [0.717, 1.165) is 35.5 Å². The van der Waals surface area contributed by atoms with Crippen molar-refractivity contribution >= 4 is 28.0 Å². The van der Waals surface area contributed by atoms with E-state index in [-0.39, 0.29) is 10.6 Å². The molecule has 1 aliphatic rings. The van der Waals surface area contributed by atoms with Gasteiger partial charge in [0, 0.05) is 55.4 Å². The van der Waals surface area contributed by atoms with Crippen LogP contribution in [0.3, 0.4) is 0 Å². The Bertz CT molecular complexity index is 954. The van der Waals surface area contributed by atoms with Crippen LogP contribution in [-0.2, 0) is 6.54 Å². The van der Waals surface area contributed by atoms with Gasteiger partial charge in [0.1, 0.15) is 5.82 Å². The Hall–Kier alpha value is -3.22. The minimum Gasteiger partial charge on any atom is -0.380 e. The number of benzene rings is 1. The highest BCUT2D eigenvalue weighted by atomic mass is 16.6. The summed E-state index contributed by atoms with van der Waals surface area (Å²) in [6, 6.07) is 9.17. The summed E-state index contributed by atoms with van der Waals surface area (Å²) >= 11 is 0. The van der Waals surface area contributed by atoms with Crippen molar-refractivity contribution in [3.05, 3.63) is 64.6 Å². The normalized spacial score (nSPS) is 13.9. The van der Waals surface area contributed by atoms with Crippen molar-refractivity contribution in [2.24, 2.45) is 0 Å². The number of nitrogens with one attached hydrogen (secondary N) is 1. The number of rotatable bonds is 5. The van der Waals surface area contributed by atoms with Gasteiger partial charge < -0.3 is 10.2 Å². The predicted molar refractivity (Wildman–Crippen MR) is 101 cm³/mol. The van der Waals surface area contributed by atoms with E-state index in [0.29, 0.717) is 11.9 Å². The van der Waals surface area contributed by atoms with Gasteiger partial charge in [-0.05, 0) is 42.7 Å². The Balaban J connectivity index is 1.58. The number of nitro benzene ring substituents is 1. The van der Waals surface area contributed by atoms with Gasteiger partial charge in [0.15, 0.2) is 0 Å². The molecule has 2 aromatic heterocycles. The zero-order valence-corrected chi connectivity index (χ0v) is 14.3. The van der Waals surface area contributed by atoms with Gasteiger partial charge in [-0.25, -0.2) is 4.98 Å². The summed E-state index contributed by atoms with van der Waals surface area (Å²) in [5, 5.41) is 15.9. The fourth-order valence-electron chi connectivity index (χ4n) is 3.38. The second kappa shape index (κ2) is 6.95. The standard InChI is InChI=1S/C19H19N5O2/c25-24(26)18-4-3-17(15-6-7-20-13-16(15)18)22-12-14-5-8-21-19(11-14)23-9-1-2-10-23/h3-8,11,13,22H,1-2,9-10,12H2. The summed E-state index contributed by atoms with van der Waals surface area (Å²) in [6.45, 7) is 2.74. The second-order valence-corrected chi connectivity index (χ2v) is 6.38. The number of anilines is 2. The maximum atomic E-state index is 11.2. The van der Waals surface area contributed by atoms with Crippen molar-refractivity contribution in [2.75, 3.05) is 23.3 Å². The molecule has 1 fully saturated rings. The molecule has 26 heavy (non-hydrogen) atoms. The highest BCUT2D eigenvalue weighted by Crippen LogP contribution is 2.31. The molecule has 4 rings (SSSR count). The molecule has 1 saturated heterocycles. The lowest BCUT2D eigenvalue weighted by molar-refractivity contribution is -0.383. The molecule has 0 amide bonds. The minimum atomic E-state index is -0.376. The van der Waals surface area contributed by atoms with Crippen molar-refractivity contribution in [1.29, 1.82) is 0 Å². The first-order valence-electron chi connectivity index (χ1n) is 8.67. The first-order valence-corrected chi connectivity index (χ1v) is 8.67. The maximum Gasteiger partial charge on any atom is 0.278 e.